The third-order valence-corrected chi connectivity index (χ3v) is 2.79. The summed E-state index contributed by atoms with van der Waals surface area (Å²) in [7, 11) is 0. The maximum atomic E-state index is 13.6. The monoisotopic (exact) mass is 298 g/mol. The number of carbonyl (C=O) groups is 1. The molecule has 0 unspecified atom stereocenters. The van der Waals surface area contributed by atoms with E-state index >= 15 is 0 Å². The van der Waals surface area contributed by atoms with Crippen LogP contribution in [0.4, 0.5) is 8.78 Å². The van der Waals surface area contributed by atoms with Crippen molar-refractivity contribution in [2.45, 2.75) is 6.61 Å². The van der Waals surface area contributed by atoms with Gasteiger partial charge in [0.05, 0.1) is 5.56 Å². The summed E-state index contributed by atoms with van der Waals surface area (Å²) < 4.78 is 32.2. The van der Waals surface area contributed by atoms with Gasteiger partial charge in [0.25, 0.3) is 0 Å². The third-order valence-electron chi connectivity index (χ3n) is 2.54. The zero-order chi connectivity index (χ0) is 14.7. The van der Waals surface area contributed by atoms with E-state index < -0.39 is 28.9 Å². The second-order valence-electron chi connectivity index (χ2n) is 3.99. The Morgan fingerprint density at radius 1 is 1.15 bits per heavy atom. The molecule has 0 aromatic heterocycles. The first-order valence-electron chi connectivity index (χ1n) is 5.57. The molecule has 2 aromatic rings. The summed E-state index contributed by atoms with van der Waals surface area (Å²) in [5.41, 5.74) is 0.203. The number of benzene rings is 2. The van der Waals surface area contributed by atoms with E-state index in [1.807, 2.05) is 0 Å². The maximum Gasteiger partial charge on any atom is 0.335 e. The van der Waals surface area contributed by atoms with Crippen molar-refractivity contribution in [3.8, 4) is 5.75 Å². The van der Waals surface area contributed by atoms with Gasteiger partial charge in [-0.15, -0.1) is 0 Å². The molecule has 0 atom stereocenters. The van der Waals surface area contributed by atoms with Crippen LogP contribution in [-0.4, -0.2) is 11.1 Å². The summed E-state index contributed by atoms with van der Waals surface area (Å²) in [6, 6.07) is 7.99. The average Bonchev–Trinajstić information content (AvgIpc) is 2.39. The molecule has 0 saturated carbocycles. The van der Waals surface area contributed by atoms with Gasteiger partial charge in [0.1, 0.15) is 6.61 Å². The minimum absolute atomic E-state index is 0.0581. The second kappa shape index (κ2) is 5.88. The molecule has 0 aliphatic rings. The molecule has 1 N–H and O–H groups in total. The molecule has 104 valence electrons. The van der Waals surface area contributed by atoms with Crippen molar-refractivity contribution in [1.29, 1.82) is 0 Å². The van der Waals surface area contributed by atoms with Crippen molar-refractivity contribution in [2.75, 3.05) is 0 Å². The molecular formula is C14H9ClF2O3. The Hall–Kier alpha value is -2.14. The zero-order valence-corrected chi connectivity index (χ0v) is 10.8. The Morgan fingerprint density at radius 2 is 1.70 bits per heavy atom. The minimum Gasteiger partial charge on any atom is -0.483 e. The van der Waals surface area contributed by atoms with Gasteiger partial charge in [-0.3, -0.25) is 0 Å². The van der Waals surface area contributed by atoms with Crippen LogP contribution in [0.1, 0.15) is 15.9 Å². The Labute approximate surface area is 118 Å². The van der Waals surface area contributed by atoms with Crippen LogP contribution in [0.2, 0.25) is 5.02 Å². The Balaban J connectivity index is 2.17. The van der Waals surface area contributed by atoms with Crippen molar-refractivity contribution >= 4 is 17.6 Å². The molecule has 6 heteroatoms. The molecule has 0 heterocycles. The molecule has 0 aliphatic carbocycles. The molecule has 0 aliphatic heterocycles. The second-order valence-corrected chi connectivity index (χ2v) is 4.43. The number of hydrogen-bond acceptors (Lipinski definition) is 2. The van der Waals surface area contributed by atoms with Gasteiger partial charge in [0, 0.05) is 5.02 Å². The van der Waals surface area contributed by atoms with Crippen molar-refractivity contribution in [3.63, 3.8) is 0 Å². The Kier molecular flexibility index (Phi) is 4.20. The smallest absolute Gasteiger partial charge is 0.335 e. The molecule has 0 saturated heterocycles. The largest absolute Gasteiger partial charge is 0.483 e. The third kappa shape index (κ3) is 3.24. The summed E-state index contributed by atoms with van der Waals surface area (Å²) >= 11 is 5.71. The van der Waals surface area contributed by atoms with Crippen molar-refractivity contribution < 1.29 is 23.4 Å². The van der Waals surface area contributed by atoms with Gasteiger partial charge in [0.15, 0.2) is 17.4 Å². The van der Waals surface area contributed by atoms with E-state index in [-0.39, 0.29) is 6.61 Å². The summed E-state index contributed by atoms with van der Waals surface area (Å²) in [4.78, 5) is 10.6. The molecule has 2 aromatic carbocycles. The highest BCUT2D eigenvalue weighted by atomic mass is 35.5. The molecule has 0 bridgehead atoms. The Bertz CT molecular complexity index is 618. The topological polar surface area (TPSA) is 46.5 Å². The molecular weight excluding hydrogens is 290 g/mol. The van der Waals surface area contributed by atoms with Crippen LogP contribution < -0.4 is 4.74 Å². The summed E-state index contributed by atoms with van der Waals surface area (Å²) in [6.07, 6.45) is 0. The van der Waals surface area contributed by atoms with E-state index in [9.17, 15) is 13.6 Å². The molecule has 0 radical (unpaired) electrons. The number of carboxylic acid groups (broad SMARTS) is 1. The molecule has 0 amide bonds. The van der Waals surface area contributed by atoms with Gasteiger partial charge in [-0.25, -0.2) is 13.6 Å². The number of halogens is 3. The van der Waals surface area contributed by atoms with Crippen molar-refractivity contribution in [3.05, 3.63) is 64.2 Å². The predicted octanol–water partition coefficient (Wildman–Crippen LogP) is 3.90. The lowest BCUT2D eigenvalue weighted by molar-refractivity contribution is 0.0695. The van der Waals surface area contributed by atoms with E-state index in [2.05, 4.69) is 0 Å². The first-order chi connectivity index (χ1) is 9.47. The molecule has 0 spiro atoms. The standard InChI is InChI=1S/C14H9ClF2O3/c15-10-3-1-8(2-4-10)7-20-13-11(16)5-9(14(18)19)6-12(13)17/h1-6H,7H2,(H,18,19). The van der Waals surface area contributed by atoms with Crippen LogP contribution in [0.5, 0.6) is 5.75 Å². The minimum atomic E-state index is -1.41. The number of rotatable bonds is 4. The Morgan fingerprint density at radius 3 is 2.20 bits per heavy atom. The fourth-order valence-electron chi connectivity index (χ4n) is 1.56. The molecule has 2 rings (SSSR count). The van der Waals surface area contributed by atoms with Gasteiger partial charge < -0.3 is 9.84 Å². The summed E-state index contributed by atoms with van der Waals surface area (Å²) in [6.45, 7) is -0.0581. The van der Waals surface area contributed by atoms with Gasteiger partial charge in [-0.2, -0.15) is 0 Å². The van der Waals surface area contributed by atoms with Crippen LogP contribution >= 0.6 is 11.6 Å². The zero-order valence-electron chi connectivity index (χ0n) is 10.1. The highest BCUT2D eigenvalue weighted by molar-refractivity contribution is 6.30. The fourth-order valence-corrected chi connectivity index (χ4v) is 1.68. The van der Waals surface area contributed by atoms with E-state index in [0.717, 1.165) is 0 Å². The van der Waals surface area contributed by atoms with Crippen molar-refractivity contribution in [2.24, 2.45) is 0 Å². The number of hydrogen-bond donors (Lipinski definition) is 1. The van der Waals surface area contributed by atoms with Crippen LogP contribution in [0, 0.1) is 11.6 Å². The summed E-state index contributed by atoms with van der Waals surface area (Å²) in [5, 5.41) is 9.21. The van der Waals surface area contributed by atoms with Gasteiger partial charge in [-0.1, -0.05) is 23.7 Å². The number of carboxylic acids is 1. The number of ether oxygens (including phenoxy) is 1. The van der Waals surface area contributed by atoms with Gasteiger partial charge >= 0.3 is 5.97 Å². The van der Waals surface area contributed by atoms with E-state index in [1.54, 1.807) is 24.3 Å². The number of aromatic carboxylic acids is 1. The first kappa shape index (κ1) is 14.3. The average molecular weight is 299 g/mol. The van der Waals surface area contributed by atoms with Gasteiger partial charge in [0.2, 0.25) is 0 Å². The molecule has 0 fully saturated rings. The van der Waals surface area contributed by atoms with Crippen molar-refractivity contribution in [1.82, 2.24) is 0 Å². The van der Waals surface area contributed by atoms with E-state index in [1.165, 1.54) is 0 Å². The lowest BCUT2D eigenvalue weighted by Crippen LogP contribution is -2.03. The lowest BCUT2D eigenvalue weighted by Gasteiger charge is -2.09. The highest BCUT2D eigenvalue weighted by Gasteiger charge is 2.16. The van der Waals surface area contributed by atoms with E-state index in [4.69, 9.17) is 21.4 Å². The fraction of sp³-hybridized carbons (Fsp3) is 0.0714. The van der Waals surface area contributed by atoms with E-state index in [0.29, 0.717) is 22.7 Å². The van der Waals surface area contributed by atoms with Gasteiger partial charge in [-0.05, 0) is 29.8 Å². The maximum absolute atomic E-state index is 13.6. The highest BCUT2D eigenvalue weighted by Crippen LogP contribution is 2.24. The lowest BCUT2D eigenvalue weighted by atomic mass is 10.2. The quantitative estimate of drug-likeness (QED) is 0.931. The van der Waals surface area contributed by atoms with Crippen LogP contribution in [0.15, 0.2) is 36.4 Å². The summed E-state index contributed by atoms with van der Waals surface area (Å²) in [5.74, 6) is -4.13. The van der Waals surface area contributed by atoms with Crippen LogP contribution in [0.3, 0.4) is 0 Å². The normalized spacial score (nSPS) is 10.3. The first-order valence-corrected chi connectivity index (χ1v) is 5.95. The molecule has 20 heavy (non-hydrogen) atoms. The SMILES string of the molecule is O=C(O)c1cc(F)c(OCc2ccc(Cl)cc2)c(F)c1. The van der Waals surface area contributed by atoms with Crippen LogP contribution in [-0.2, 0) is 6.61 Å². The van der Waals surface area contributed by atoms with Crippen LogP contribution in [0.25, 0.3) is 0 Å². The molecule has 3 nitrogen and oxygen atoms in total. The predicted molar refractivity (Wildman–Crippen MR) is 69.1 cm³/mol.